The molecule has 0 heterocycles. The van der Waals surface area contributed by atoms with Gasteiger partial charge in [-0.1, -0.05) is 17.7 Å². The minimum atomic E-state index is -0.995. The summed E-state index contributed by atoms with van der Waals surface area (Å²) < 4.78 is 31.7. The molecule has 1 amide bonds. The van der Waals surface area contributed by atoms with Crippen LogP contribution in [0.25, 0.3) is 0 Å². The number of esters is 1. The van der Waals surface area contributed by atoms with Gasteiger partial charge in [-0.25, -0.2) is 13.6 Å². The van der Waals surface area contributed by atoms with Crippen molar-refractivity contribution in [3.05, 3.63) is 95.1 Å². The van der Waals surface area contributed by atoms with Crippen molar-refractivity contribution in [1.29, 1.82) is 0 Å². The highest BCUT2D eigenvalue weighted by Gasteiger charge is 2.16. The van der Waals surface area contributed by atoms with Crippen LogP contribution in [0.5, 0.6) is 5.75 Å². The van der Waals surface area contributed by atoms with Crippen LogP contribution in [-0.2, 0) is 0 Å². The van der Waals surface area contributed by atoms with Crippen LogP contribution in [0.4, 0.5) is 14.5 Å². The lowest BCUT2D eigenvalue weighted by molar-refractivity contribution is 0.0729. The highest BCUT2D eigenvalue weighted by Crippen LogP contribution is 2.22. The number of nitrogens with zero attached hydrogens (tertiary/aromatic N) is 1. The number of aryl methyl sites for hydroxylation is 1. The number of carbonyl (C=O) groups excluding carboxylic acids is 2. The van der Waals surface area contributed by atoms with E-state index in [1.807, 2.05) is 19.1 Å². The lowest BCUT2D eigenvalue weighted by Gasteiger charge is -2.18. The summed E-state index contributed by atoms with van der Waals surface area (Å²) in [6.07, 6.45) is 0. The lowest BCUT2D eigenvalue weighted by Crippen LogP contribution is -2.26. The van der Waals surface area contributed by atoms with E-state index >= 15 is 0 Å². The zero-order valence-corrected chi connectivity index (χ0v) is 15.3. The summed E-state index contributed by atoms with van der Waals surface area (Å²) in [5.41, 5.74) is 1.84. The van der Waals surface area contributed by atoms with E-state index in [1.54, 1.807) is 31.3 Å². The molecule has 0 unspecified atom stereocenters. The highest BCUT2D eigenvalue weighted by molar-refractivity contribution is 6.05. The van der Waals surface area contributed by atoms with E-state index in [0.717, 1.165) is 17.7 Å². The Morgan fingerprint density at radius 1 is 0.893 bits per heavy atom. The normalized spacial score (nSPS) is 10.4. The molecule has 0 bridgehead atoms. The van der Waals surface area contributed by atoms with Crippen molar-refractivity contribution < 1.29 is 23.1 Å². The van der Waals surface area contributed by atoms with Crippen LogP contribution in [0.1, 0.15) is 26.3 Å². The molecule has 0 aromatic heterocycles. The lowest BCUT2D eigenvalue weighted by atomic mass is 10.1. The highest BCUT2D eigenvalue weighted by atomic mass is 19.1. The molecular formula is C22H17F2NO3. The van der Waals surface area contributed by atoms with Gasteiger partial charge < -0.3 is 9.64 Å². The molecule has 0 spiro atoms. The van der Waals surface area contributed by atoms with E-state index in [1.165, 1.54) is 17.0 Å². The fraction of sp³-hybridized carbons (Fsp3) is 0.0909. The number of hydrogen-bond acceptors (Lipinski definition) is 3. The average Bonchev–Trinajstić information content (AvgIpc) is 2.68. The van der Waals surface area contributed by atoms with E-state index < -0.39 is 17.6 Å². The Balaban J connectivity index is 1.71. The predicted octanol–water partition coefficient (Wildman–Crippen LogP) is 4.77. The summed E-state index contributed by atoms with van der Waals surface area (Å²) in [5.74, 6) is -2.72. The number of amides is 1. The molecule has 3 aromatic carbocycles. The maximum atomic E-state index is 13.7. The summed E-state index contributed by atoms with van der Waals surface area (Å²) in [6.45, 7) is 1.94. The van der Waals surface area contributed by atoms with Gasteiger partial charge in [-0.05, 0) is 55.5 Å². The number of benzene rings is 3. The smallest absolute Gasteiger partial charge is 0.346 e. The number of halogens is 2. The first-order valence-corrected chi connectivity index (χ1v) is 8.47. The monoisotopic (exact) mass is 381 g/mol. The van der Waals surface area contributed by atoms with Crippen molar-refractivity contribution in [3.8, 4) is 5.75 Å². The van der Waals surface area contributed by atoms with Crippen molar-refractivity contribution in [2.45, 2.75) is 6.92 Å². The minimum Gasteiger partial charge on any atom is -0.423 e. The van der Waals surface area contributed by atoms with Gasteiger partial charge in [-0.15, -0.1) is 0 Å². The Morgan fingerprint density at radius 2 is 1.54 bits per heavy atom. The summed E-state index contributed by atoms with van der Waals surface area (Å²) in [6, 6.07) is 16.0. The first-order chi connectivity index (χ1) is 13.3. The molecule has 3 aromatic rings. The minimum absolute atomic E-state index is 0.175. The number of hydrogen-bond donors (Lipinski definition) is 0. The van der Waals surface area contributed by atoms with Crippen molar-refractivity contribution >= 4 is 17.6 Å². The van der Waals surface area contributed by atoms with Gasteiger partial charge in [0.25, 0.3) is 5.91 Å². The number of rotatable bonds is 4. The fourth-order valence-electron chi connectivity index (χ4n) is 2.56. The third kappa shape index (κ3) is 4.23. The molecule has 0 aliphatic rings. The molecule has 3 rings (SSSR count). The van der Waals surface area contributed by atoms with Crippen LogP contribution in [0.2, 0.25) is 0 Å². The van der Waals surface area contributed by atoms with Gasteiger partial charge in [0, 0.05) is 24.4 Å². The van der Waals surface area contributed by atoms with Gasteiger partial charge in [0.2, 0.25) is 0 Å². The largest absolute Gasteiger partial charge is 0.423 e. The molecule has 4 nitrogen and oxygen atoms in total. The molecule has 0 N–H and O–H groups in total. The Bertz CT molecular complexity index is 1010. The van der Waals surface area contributed by atoms with Crippen molar-refractivity contribution in [1.82, 2.24) is 0 Å². The quantitative estimate of drug-likeness (QED) is 0.483. The molecule has 0 aliphatic heterocycles. The van der Waals surface area contributed by atoms with Crippen LogP contribution in [0, 0.1) is 18.6 Å². The third-order valence-electron chi connectivity index (χ3n) is 4.19. The molecule has 0 aliphatic carbocycles. The van der Waals surface area contributed by atoms with Crippen LogP contribution in [0.3, 0.4) is 0 Å². The van der Waals surface area contributed by atoms with Gasteiger partial charge >= 0.3 is 5.97 Å². The summed E-state index contributed by atoms with van der Waals surface area (Å²) in [7, 11) is 1.64. The van der Waals surface area contributed by atoms with Gasteiger partial charge in [0.15, 0.2) is 0 Å². The molecule has 6 heteroatoms. The summed E-state index contributed by atoms with van der Waals surface area (Å²) in [4.78, 5) is 26.0. The summed E-state index contributed by atoms with van der Waals surface area (Å²) >= 11 is 0. The van der Waals surface area contributed by atoms with Crippen molar-refractivity contribution in [3.63, 3.8) is 0 Å². The van der Waals surface area contributed by atoms with E-state index in [4.69, 9.17) is 4.74 Å². The van der Waals surface area contributed by atoms with Crippen LogP contribution < -0.4 is 9.64 Å². The van der Waals surface area contributed by atoms with E-state index in [-0.39, 0.29) is 17.2 Å². The van der Waals surface area contributed by atoms with E-state index in [2.05, 4.69) is 0 Å². The van der Waals surface area contributed by atoms with Gasteiger partial charge in [-0.2, -0.15) is 0 Å². The molecule has 0 fully saturated rings. The zero-order chi connectivity index (χ0) is 20.3. The fourth-order valence-corrected chi connectivity index (χ4v) is 2.56. The third-order valence-corrected chi connectivity index (χ3v) is 4.19. The van der Waals surface area contributed by atoms with Crippen LogP contribution in [-0.4, -0.2) is 18.9 Å². The Morgan fingerprint density at radius 3 is 2.14 bits per heavy atom. The maximum absolute atomic E-state index is 13.7. The topological polar surface area (TPSA) is 46.6 Å². The molecule has 0 saturated carbocycles. The first-order valence-electron chi connectivity index (χ1n) is 8.47. The van der Waals surface area contributed by atoms with Gasteiger partial charge in [-0.3, -0.25) is 4.79 Å². The molecule has 28 heavy (non-hydrogen) atoms. The van der Waals surface area contributed by atoms with E-state index in [9.17, 15) is 18.4 Å². The Hall–Kier alpha value is -3.54. The molecule has 0 saturated heterocycles. The van der Waals surface area contributed by atoms with Gasteiger partial charge in [0.1, 0.15) is 17.4 Å². The van der Waals surface area contributed by atoms with Crippen LogP contribution >= 0.6 is 0 Å². The molecule has 0 radical (unpaired) electrons. The summed E-state index contributed by atoms with van der Waals surface area (Å²) in [5, 5.41) is 0. The Kier molecular flexibility index (Phi) is 5.49. The SMILES string of the molecule is Cc1ccc(C(=O)N(C)c2ccc(OC(=O)c3ccc(F)cc3F)cc2)cc1. The van der Waals surface area contributed by atoms with Crippen LogP contribution in [0.15, 0.2) is 66.7 Å². The number of ether oxygens (including phenoxy) is 1. The Labute approximate surface area is 161 Å². The van der Waals surface area contributed by atoms with Crippen molar-refractivity contribution in [2.75, 3.05) is 11.9 Å². The number of anilines is 1. The first kappa shape index (κ1) is 19.2. The van der Waals surface area contributed by atoms with Gasteiger partial charge in [0.05, 0.1) is 5.56 Å². The second-order valence-corrected chi connectivity index (χ2v) is 6.24. The zero-order valence-electron chi connectivity index (χ0n) is 15.3. The second-order valence-electron chi connectivity index (χ2n) is 6.24. The van der Waals surface area contributed by atoms with E-state index in [0.29, 0.717) is 17.3 Å². The molecular weight excluding hydrogens is 364 g/mol. The maximum Gasteiger partial charge on any atom is 0.346 e. The molecule has 142 valence electrons. The molecule has 0 atom stereocenters. The average molecular weight is 381 g/mol. The standard InChI is InChI=1S/C22H17F2NO3/c1-14-3-5-15(6-4-14)21(26)25(2)17-8-10-18(11-9-17)28-22(27)19-12-7-16(23)13-20(19)24/h3-13H,1-2H3. The predicted molar refractivity (Wildman–Crippen MR) is 102 cm³/mol. The second kappa shape index (κ2) is 8.00. The number of carbonyl (C=O) groups is 2. The van der Waals surface area contributed by atoms with Crippen molar-refractivity contribution in [2.24, 2.45) is 0 Å².